The summed E-state index contributed by atoms with van der Waals surface area (Å²) in [6.07, 6.45) is 3.48. The van der Waals surface area contributed by atoms with Crippen molar-refractivity contribution in [1.29, 1.82) is 0 Å². The summed E-state index contributed by atoms with van der Waals surface area (Å²) >= 11 is 5.96. The van der Waals surface area contributed by atoms with Crippen molar-refractivity contribution in [1.82, 2.24) is 4.98 Å². The van der Waals surface area contributed by atoms with E-state index in [1.54, 1.807) is 12.4 Å². The predicted molar refractivity (Wildman–Crippen MR) is 81.9 cm³/mol. The third-order valence-electron chi connectivity index (χ3n) is 3.10. The maximum atomic E-state index is 5.96. The Labute approximate surface area is 122 Å². The number of nitrogens with two attached hydrogens (primary N) is 1. The van der Waals surface area contributed by atoms with E-state index >= 15 is 0 Å². The van der Waals surface area contributed by atoms with Crippen LogP contribution in [0.3, 0.4) is 0 Å². The van der Waals surface area contributed by atoms with Gasteiger partial charge in [-0.15, -0.1) is 0 Å². The lowest BCUT2D eigenvalue weighted by Gasteiger charge is -2.10. The molecule has 1 aromatic heterocycles. The first-order valence-electron chi connectivity index (χ1n) is 6.23. The van der Waals surface area contributed by atoms with Crippen LogP contribution in [0.2, 0.25) is 5.02 Å². The number of rotatable bonds is 3. The Morgan fingerprint density at radius 1 is 1.10 bits per heavy atom. The number of pyridine rings is 1. The van der Waals surface area contributed by atoms with Crippen LogP contribution < -0.4 is 10.5 Å². The van der Waals surface area contributed by atoms with Crippen molar-refractivity contribution in [3.63, 3.8) is 0 Å². The van der Waals surface area contributed by atoms with Crippen LogP contribution in [0.5, 0.6) is 5.75 Å². The number of benzene rings is 2. The fraction of sp³-hybridized carbons (Fsp3) is 0.0625. The first-order valence-corrected chi connectivity index (χ1v) is 6.61. The van der Waals surface area contributed by atoms with Gasteiger partial charge in [-0.3, -0.25) is 4.98 Å². The molecule has 0 spiro atoms. The zero-order valence-corrected chi connectivity index (χ0v) is 11.5. The molecule has 4 heteroatoms. The number of nitrogens with zero attached hydrogens (tertiary/aromatic N) is 1. The van der Waals surface area contributed by atoms with Crippen molar-refractivity contribution in [2.24, 2.45) is 0 Å². The topological polar surface area (TPSA) is 48.1 Å². The van der Waals surface area contributed by atoms with Gasteiger partial charge in [-0.1, -0.05) is 23.7 Å². The lowest BCUT2D eigenvalue weighted by molar-refractivity contribution is 0.310. The number of ether oxygens (including phenoxy) is 1. The maximum absolute atomic E-state index is 5.96. The first-order chi connectivity index (χ1) is 9.74. The monoisotopic (exact) mass is 284 g/mol. The van der Waals surface area contributed by atoms with Gasteiger partial charge in [-0.05, 0) is 35.9 Å². The Morgan fingerprint density at radius 2 is 2.00 bits per heavy atom. The van der Waals surface area contributed by atoms with Crippen LogP contribution in [-0.2, 0) is 6.61 Å². The molecule has 0 radical (unpaired) electrons. The predicted octanol–water partition coefficient (Wildman–Crippen LogP) is 4.05. The second-order valence-corrected chi connectivity index (χ2v) is 4.93. The van der Waals surface area contributed by atoms with Crippen LogP contribution >= 0.6 is 11.6 Å². The summed E-state index contributed by atoms with van der Waals surface area (Å²) in [5, 5.41) is 2.57. The number of hydrogen-bond acceptors (Lipinski definition) is 3. The van der Waals surface area contributed by atoms with Crippen molar-refractivity contribution < 1.29 is 4.74 Å². The Balaban J connectivity index is 1.90. The Bertz CT molecular complexity index is 758. The van der Waals surface area contributed by atoms with Crippen LogP contribution in [-0.4, -0.2) is 4.98 Å². The molecule has 20 heavy (non-hydrogen) atoms. The van der Waals surface area contributed by atoms with Crippen molar-refractivity contribution in [2.75, 3.05) is 5.73 Å². The summed E-state index contributed by atoms with van der Waals surface area (Å²) in [5.74, 6) is 0.788. The molecule has 0 atom stereocenters. The van der Waals surface area contributed by atoms with Gasteiger partial charge < -0.3 is 10.5 Å². The van der Waals surface area contributed by atoms with E-state index in [1.165, 1.54) is 0 Å². The number of aromatic nitrogens is 1. The number of nitrogen functional groups attached to an aromatic ring is 1. The molecular formula is C16H13ClN2O. The number of hydrogen-bond donors (Lipinski definition) is 1. The molecule has 1 heterocycles. The molecule has 0 aliphatic rings. The van der Waals surface area contributed by atoms with Gasteiger partial charge >= 0.3 is 0 Å². The molecule has 0 saturated heterocycles. The number of anilines is 1. The maximum Gasteiger partial charge on any atom is 0.127 e. The minimum absolute atomic E-state index is 0.460. The lowest BCUT2D eigenvalue weighted by atomic mass is 10.1. The van der Waals surface area contributed by atoms with E-state index in [1.807, 2.05) is 42.5 Å². The molecule has 0 unspecified atom stereocenters. The molecule has 3 rings (SSSR count). The number of fused-ring (bicyclic) bond motifs is 1. The van der Waals surface area contributed by atoms with E-state index in [0.29, 0.717) is 17.3 Å². The van der Waals surface area contributed by atoms with Crippen LogP contribution in [0.1, 0.15) is 5.56 Å². The third kappa shape index (κ3) is 2.53. The molecular weight excluding hydrogens is 272 g/mol. The molecule has 0 bridgehead atoms. The summed E-state index contributed by atoms with van der Waals surface area (Å²) in [6, 6.07) is 13.2. The van der Waals surface area contributed by atoms with E-state index in [9.17, 15) is 0 Å². The molecule has 0 aliphatic heterocycles. The summed E-state index contributed by atoms with van der Waals surface area (Å²) in [4.78, 5) is 4.09. The SMILES string of the molecule is Nc1ccc(OCc2cccc(Cl)c2)c2ccncc12. The highest BCUT2D eigenvalue weighted by molar-refractivity contribution is 6.30. The van der Waals surface area contributed by atoms with Crippen LogP contribution in [0.15, 0.2) is 54.9 Å². The molecule has 0 saturated carbocycles. The summed E-state index contributed by atoms with van der Waals surface area (Å²) in [6.45, 7) is 0.460. The summed E-state index contributed by atoms with van der Waals surface area (Å²) in [5.41, 5.74) is 7.66. The van der Waals surface area contributed by atoms with Crippen molar-refractivity contribution in [3.8, 4) is 5.75 Å². The van der Waals surface area contributed by atoms with Gasteiger partial charge in [0.1, 0.15) is 12.4 Å². The molecule has 0 aliphatic carbocycles. The highest BCUT2D eigenvalue weighted by atomic mass is 35.5. The highest BCUT2D eigenvalue weighted by Gasteiger charge is 2.05. The zero-order valence-electron chi connectivity index (χ0n) is 10.7. The van der Waals surface area contributed by atoms with Crippen LogP contribution in [0.4, 0.5) is 5.69 Å². The molecule has 3 nitrogen and oxygen atoms in total. The molecule has 0 amide bonds. The van der Waals surface area contributed by atoms with Gasteiger partial charge in [0.2, 0.25) is 0 Å². The highest BCUT2D eigenvalue weighted by Crippen LogP contribution is 2.29. The Kier molecular flexibility index (Phi) is 3.44. The van der Waals surface area contributed by atoms with Crippen molar-refractivity contribution in [3.05, 3.63) is 65.4 Å². The summed E-state index contributed by atoms with van der Waals surface area (Å²) in [7, 11) is 0. The van der Waals surface area contributed by atoms with Gasteiger partial charge in [-0.2, -0.15) is 0 Å². The van der Waals surface area contributed by atoms with Crippen molar-refractivity contribution in [2.45, 2.75) is 6.61 Å². The number of halogens is 1. The second-order valence-electron chi connectivity index (χ2n) is 4.49. The zero-order chi connectivity index (χ0) is 13.9. The van der Waals surface area contributed by atoms with Crippen LogP contribution in [0.25, 0.3) is 10.8 Å². The summed E-state index contributed by atoms with van der Waals surface area (Å²) < 4.78 is 5.87. The van der Waals surface area contributed by atoms with Crippen molar-refractivity contribution >= 4 is 28.1 Å². The van der Waals surface area contributed by atoms with Gasteiger partial charge in [-0.25, -0.2) is 0 Å². The Morgan fingerprint density at radius 3 is 2.85 bits per heavy atom. The fourth-order valence-electron chi connectivity index (χ4n) is 2.10. The average molecular weight is 285 g/mol. The standard InChI is InChI=1S/C16H13ClN2O/c17-12-3-1-2-11(8-12)10-20-16-5-4-15(18)14-9-19-7-6-13(14)16/h1-9H,10,18H2. The molecule has 100 valence electrons. The second kappa shape index (κ2) is 5.39. The smallest absolute Gasteiger partial charge is 0.127 e. The van der Waals surface area contributed by atoms with Gasteiger partial charge in [0, 0.05) is 33.9 Å². The largest absolute Gasteiger partial charge is 0.488 e. The van der Waals surface area contributed by atoms with E-state index in [2.05, 4.69) is 4.98 Å². The average Bonchev–Trinajstić information content (AvgIpc) is 2.47. The molecule has 2 N–H and O–H groups in total. The van der Waals surface area contributed by atoms with Crippen LogP contribution in [0, 0.1) is 0 Å². The minimum atomic E-state index is 0.460. The fourth-order valence-corrected chi connectivity index (χ4v) is 2.31. The normalized spacial score (nSPS) is 10.7. The first kappa shape index (κ1) is 12.8. The van der Waals surface area contributed by atoms with E-state index in [4.69, 9.17) is 22.1 Å². The third-order valence-corrected chi connectivity index (χ3v) is 3.33. The lowest BCUT2D eigenvalue weighted by Crippen LogP contribution is -1.97. The van der Waals surface area contributed by atoms with Gasteiger partial charge in [0.15, 0.2) is 0 Å². The molecule has 3 aromatic rings. The van der Waals surface area contributed by atoms with Gasteiger partial charge in [0.25, 0.3) is 0 Å². The molecule has 0 fully saturated rings. The molecule has 2 aromatic carbocycles. The Hall–Kier alpha value is -2.26. The quantitative estimate of drug-likeness (QED) is 0.738. The minimum Gasteiger partial charge on any atom is -0.488 e. The van der Waals surface area contributed by atoms with E-state index in [0.717, 1.165) is 22.1 Å². The van der Waals surface area contributed by atoms with E-state index in [-0.39, 0.29) is 0 Å². The van der Waals surface area contributed by atoms with Gasteiger partial charge in [0.05, 0.1) is 0 Å². The van der Waals surface area contributed by atoms with E-state index < -0.39 is 0 Å².